The van der Waals surface area contributed by atoms with E-state index in [1.54, 1.807) is 38.1 Å². The standard InChI is InChI=1S/C23H27N3O6/c1-14-11-26(23(28)29)8-7-25(14)12-16-10-17-21(32-16)18(13-24(2)22(17)27)15-5-6-19(30-3)20(9-15)31-4/h5-6,9-10,13-14H,7-8,11-12H2,1-4H3,(H,28,29)/t14-/m1/s1. The third kappa shape index (κ3) is 3.91. The summed E-state index contributed by atoms with van der Waals surface area (Å²) in [5, 5.41) is 9.73. The summed E-state index contributed by atoms with van der Waals surface area (Å²) in [5.41, 5.74) is 2.00. The number of piperazine rings is 1. The van der Waals surface area contributed by atoms with Crippen LogP contribution < -0.4 is 15.0 Å². The van der Waals surface area contributed by atoms with Crippen LogP contribution in [0.1, 0.15) is 12.7 Å². The summed E-state index contributed by atoms with van der Waals surface area (Å²) in [6, 6.07) is 7.40. The molecule has 170 valence electrons. The van der Waals surface area contributed by atoms with Crippen LogP contribution in [-0.4, -0.2) is 65.5 Å². The number of rotatable bonds is 5. The zero-order valence-electron chi connectivity index (χ0n) is 18.6. The van der Waals surface area contributed by atoms with Crippen molar-refractivity contribution < 1.29 is 23.8 Å². The van der Waals surface area contributed by atoms with Crippen LogP contribution in [0.25, 0.3) is 22.1 Å². The van der Waals surface area contributed by atoms with Crippen LogP contribution in [0.5, 0.6) is 11.5 Å². The maximum atomic E-state index is 12.8. The van der Waals surface area contributed by atoms with Gasteiger partial charge in [0.1, 0.15) is 11.3 Å². The molecule has 1 atom stereocenters. The van der Waals surface area contributed by atoms with Crippen molar-refractivity contribution >= 4 is 17.1 Å². The number of aryl methyl sites for hydroxylation is 1. The molecule has 2 aromatic heterocycles. The van der Waals surface area contributed by atoms with Crippen LogP contribution in [0.15, 0.2) is 39.7 Å². The van der Waals surface area contributed by atoms with Gasteiger partial charge in [-0.1, -0.05) is 6.07 Å². The highest BCUT2D eigenvalue weighted by molar-refractivity contribution is 5.92. The van der Waals surface area contributed by atoms with E-state index in [9.17, 15) is 14.7 Å². The molecule has 1 amide bonds. The molecular formula is C23H27N3O6. The topological polar surface area (TPSA) is 97.4 Å². The van der Waals surface area contributed by atoms with Gasteiger partial charge in [0.2, 0.25) is 0 Å². The second-order valence-electron chi connectivity index (χ2n) is 8.03. The Morgan fingerprint density at radius 3 is 2.59 bits per heavy atom. The van der Waals surface area contributed by atoms with Gasteiger partial charge < -0.3 is 28.5 Å². The molecule has 1 aromatic carbocycles. The van der Waals surface area contributed by atoms with Crippen LogP contribution in [-0.2, 0) is 13.6 Å². The number of carboxylic acid groups (broad SMARTS) is 1. The molecular weight excluding hydrogens is 414 g/mol. The lowest BCUT2D eigenvalue weighted by Gasteiger charge is -2.38. The van der Waals surface area contributed by atoms with E-state index in [0.29, 0.717) is 54.4 Å². The zero-order chi connectivity index (χ0) is 23.0. The van der Waals surface area contributed by atoms with Crippen LogP contribution in [0.4, 0.5) is 4.79 Å². The lowest BCUT2D eigenvalue weighted by Crippen LogP contribution is -2.52. The van der Waals surface area contributed by atoms with Crippen molar-refractivity contribution in [1.29, 1.82) is 0 Å². The fourth-order valence-corrected chi connectivity index (χ4v) is 4.19. The molecule has 32 heavy (non-hydrogen) atoms. The van der Waals surface area contributed by atoms with E-state index in [1.165, 1.54) is 4.90 Å². The summed E-state index contributed by atoms with van der Waals surface area (Å²) >= 11 is 0. The number of pyridine rings is 1. The lowest BCUT2D eigenvalue weighted by molar-refractivity contribution is 0.0677. The van der Waals surface area contributed by atoms with Gasteiger partial charge in [-0.3, -0.25) is 9.69 Å². The molecule has 0 bridgehead atoms. The number of furan rings is 1. The molecule has 1 aliphatic rings. The van der Waals surface area contributed by atoms with Crippen molar-refractivity contribution in [2.45, 2.75) is 19.5 Å². The van der Waals surface area contributed by atoms with Gasteiger partial charge in [-0.2, -0.15) is 0 Å². The molecule has 1 saturated heterocycles. The Bertz CT molecular complexity index is 1210. The largest absolute Gasteiger partial charge is 0.493 e. The zero-order valence-corrected chi connectivity index (χ0v) is 18.6. The Hall–Kier alpha value is -3.46. The fourth-order valence-electron chi connectivity index (χ4n) is 4.19. The fraction of sp³-hybridized carbons (Fsp3) is 0.391. The van der Waals surface area contributed by atoms with E-state index in [0.717, 1.165) is 11.1 Å². The summed E-state index contributed by atoms with van der Waals surface area (Å²) in [4.78, 5) is 27.6. The maximum absolute atomic E-state index is 12.8. The minimum absolute atomic E-state index is 0.0428. The molecule has 0 aliphatic carbocycles. The highest BCUT2D eigenvalue weighted by Crippen LogP contribution is 2.35. The summed E-state index contributed by atoms with van der Waals surface area (Å²) in [7, 11) is 4.87. The number of ether oxygens (including phenoxy) is 2. The van der Waals surface area contributed by atoms with Gasteiger partial charge in [0, 0.05) is 44.5 Å². The van der Waals surface area contributed by atoms with Crippen LogP contribution in [0.3, 0.4) is 0 Å². The maximum Gasteiger partial charge on any atom is 0.407 e. The predicted molar refractivity (Wildman–Crippen MR) is 119 cm³/mol. The highest BCUT2D eigenvalue weighted by atomic mass is 16.5. The summed E-state index contributed by atoms with van der Waals surface area (Å²) < 4.78 is 18.5. The molecule has 4 rings (SSSR count). The number of carbonyl (C=O) groups is 1. The van der Waals surface area contributed by atoms with E-state index < -0.39 is 6.09 Å². The first-order valence-electron chi connectivity index (χ1n) is 10.4. The number of hydrogen-bond acceptors (Lipinski definition) is 6. The van der Waals surface area contributed by atoms with Crippen LogP contribution in [0, 0.1) is 0 Å². The Kier molecular flexibility index (Phi) is 5.84. The molecule has 9 heteroatoms. The van der Waals surface area contributed by atoms with E-state index in [1.807, 2.05) is 25.1 Å². The van der Waals surface area contributed by atoms with Gasteiger partial charge in [0.25, 0.3) is 5.56 Å². The Balaban J connectivity index is 1.71. The number of nitrogens with zero attached hydrogens (tertiary/aromatic N) is 3. The predicted octanol–water partition coefficient (Wildman–Crippen LogP) is 3.00. The van der Waals surface area contributed by atoms with Gasteiger partial charge >= 0.3 is 6.09 Å². The third-order valence-corrected chi connectivity index (χ3v) is 5.99. The second-order valence-corrected chi connectivity index (χ2v) is 8.03. The van der Waals surface area contributed by atoms with Crippen molar-refractivity contribution in [1.82, 2.24) is 14.4 Å². The molecule has 1 aliphatic heterocycles. The Morgan fingerprint density at radius 2 is 1.94 bits per heavy atom. The number of hydrogen-bond donors (Lipinski definition) is 1. The molecule has 3 aromatic rings. The molecule has 1 N–H and O–H groups in total. The Morgan fingerprint density at radius 1 is 1.19 bits per heavy atom. The van der Waals surface area contributed by atoms with Gasteiger partial charge in [-0.15, -0.1) is 0 Å². The molecule has 0 saturated carbocycles. The van der Waals surface area contributed by atoms with Crippen molar-refractivity contribution in [2.75, 3.05) is 33.9 Å². The van der Waals surface area contributed by atoms with Crippen molar-refractivity contribution in [3.63, 3.8) is 0 Å². The van der Waals surface area contributed by atoms with E-state index in [-0.39, 0.29) is 11.6 Å². The molecule has 1 fully saturated rings. The molecule has 0 unspecified atom stereocenters. The van der Waals surface area contributed by atoms with Gasteiger partial charge in [0.15, 0.2) is 11.5 Å². The summed E-state index contributed by atoms with van der Waals surface area (Å²) in [5.74, 6) is 1.87. The van der Waals surface area contributed by atoms with E-state index >= 15 is 0 Å². The smallest absolute Gasteiger partial charge is 0.407 e. The monoisotopic (exact) mass is 441 g/mol. The normalized spacial score (nSPS) is 17.0. The second kappa shape index (κ2) is 8.58. The minimum atomic E-state index is -0.900. The lowest BCUT2D eigenvalue weighted by atomic mass is 10.1. The molecule has 3 heterocycles. The van der Waals surface area contributed by atoms with Crippen molar-refractivity contribution in [3.8, 4) is 22.6 Å². The SMILES string of the molecule is COc1ccc(-c2cn(C)c(=O)c3cc(CN4CCN(C(=O)O)C[C@H]4C)oc23)cc1OC. The van der Waals surface area contributed by atoms with Gasteiger partial charge in [-0.05, 0) is 30.7 Å². The summed E-state index contributed by atoms with van der Waals surface area (Å²) in [6.45, 7) is 3.97. The van der Waals surface area contributed by atoms with Crippen molar-refractivity contribution in [3.05, 3.63) is 46.6 Å². The Labute approximate surface area is 185 Å². The number of fused-ring (bicyclic) bond motifs is 1. The number of benzene rings is 1. The average Bonchev–Trinajstić information content (AvgIpc) is 3.21. The first kappa shape index (κ1) is 21.8. The number of amides is 1. The quantitative estimate of drug-likeness (QED) is 0.650. The highest BCUT2D eigenvalue weighted by Gasteiger charge is 2.27. The number of aromatic nitrogens is 1. The van der Waals surface area contributed by atoms with Gasteiger partial charge in [-0.25, -0.2) is 4.79 Å². The number of methoxy groups -OCH3 is 2. The van der Waals surface area contributed by atoms with E-state index in [4.69, 9.17) is 13.9 Å². The first-order valence-corrected chi connectivity index (χ1v) is 10.4. The van der Waals surface area contributed by atoms with Gasteiger partial charge in [0.05, 0.1) is 26.2 Å². The molecule has 0 spiro atoms. The average molecular weight is 441 g/mol. The van der Waals surface area contributed by atoms with Crippen LogP contribution >= 0.6 is 0 Å². The third-order valence-electron chi connectivity index (χ3n) is 5.99. The molecule has 9 nitrogen and oxygen atoms in total. The minimum Gasteiger partial charge on any atom is -0.493 e. The molecule has 0 radical (unpaired) electrons. The van der Waals surface area contributed by atoms with Crippen LogP contribution in [0.2, 0.25) is 0 Å². The summed E-state index contributed by atoms with van der Waals surface area (Å²) in [6.07, 6.45) is 0.858. The van der Waals surface area contributed by atoms with Crippen molar-refractivity contribution in [2.24, 2.45) is 7.05 Å². The van der Waals surface area contributed by atoms with E-state index in [2.05, 4.69) is 4.90 Å². The first-order chi connectivity index (χ1) is 15.3.